The molecule has 2 fully saturated rings. The van der Waals surface area contributed by atoms with Gasteiger partial charge >= 0.3 is 0 Å². The number of carbonyl (C=O) groups is 2. The molecule has 0 bridgehead atoms. The summed E-state index contributed by atoms with van der Waals surface area (Å²) in [5.41, 5.74) is 1.10. The van der Waals surface area contributed by atoms with E-state index in [-0.39, 0.29) is 23.8 Å². The number of aromatic nitrogens is 2. The van der Waals surface area contributed by atoms with E-state index in [1.54, 1.807) is 20.7 Å². The Morgan fingerprint density at radius 3 is 2.64 bits per heavy atom. The average Bonchev–Trinajstić information content (AvgIpc) is 3.12. The molecule has 0 aliphatic carbocycles. The maximum atomic E-state index is 12.7. The van der Waals surface area contributed by atoms with Gasteiger partial charge in [0, 0.05) is 44.9 Å². The van der Waals surface area contributed by atoms with E-state index < -0.39 is 0 Å². The highest BCUT2D eigenvalue weighted by atomic mass is 16.2. The Labute approximate surface area is 149 Å². The number of hydrogen-bond donors (Lipinski definition) is 0. The molecule has 25 heavy (non-hydrogen) atoms. The van der Waals surface area contributed by atoms with Crippen LogP contribution in [0.2, 0.25) is 0 Å². The van der Waals surface area contributed by atoms with Crippen LogP contribution in [-0.4, -0.2) is 76.1 Å². The number of likely N-dealkylation sites (N-methyl/N-ethyl adjacent to an activating group) is 1. The van der Waals surface area contributed by atoms with Crippen molar-refractivity contribution in [2.24, 2.45) is 12.5 Å². The van der Waals surface area contributed by atoms with E-state index in [4.69, 9.17) is 0 Å². The molecule has 0 radical (unpaired) electrons. The molecule has 1 aromatic rings. The molecule has 2 aliphatic rings. The van der Waals surface area contributed by atoms with Crippen LogP contribution in [0.3, 0.4) is 0 Å². The Kier molecular flexibility index (Phi) is 5.13. The van der Waals surface area contributed by atoms with Crippen molar-refractivity contribution in [3.8, 4) is 0 Å². The largest absolute Gasteiger partial charge is 0.337 e. The highest BCUT2D eigenvalue weighted by molar-refractivity contribution is 5.86. The molecule has 0 unspecified atom stereocenters. The summed E-state index contributed by atoms with van der Waals surface area (Å²) in [5.74, 6) is 0.153. The average molecular weight is 347 g/mol. The fraction of sp³-hybridized carbons (Fsp3) is 0.722. The van der Waals surface area contributed by atoms with Gasteiger partial charge in [-0.1, -0.05) is 0 Å². The second-order valence-electron chi connectivity index (χ2n) is 7.66. The van der Waals surface area contributed by atoms with Crippen LogP contribution in [-0.2, 0) is 23.2 Å². The van der Waals surface area contributed by atoms with Gasteiger partial charge in [-0.3, -0.25) is 14.3 Å². The lowest BCUT2D eigenvalue weighted by Crippen LogP contribution is -2.43. The third-order valence-electron chi connectivity index (χ3n) is 5.65. The molecular formula is C18H29N5O2. The zero-order chi connectivity index (χ0) is 18.0. The number of piperidine rings is 1. The molecule has 138 valence electrons. The predicted molar refractivity (Wildman–Crippen MR) is 94.7 cm³/mol. The van der Waals surface area contributed by atoms with Crippen LogP contribution in [0.1, 0.15) is 31.7 Å². The van der Waals surface area contributed by atoms with Gasteiger partial charge in [0.2, 0.25) is 11.8 Å². The van der Waals surface area contributed by atoms with E-state index in [9.17, 15) is 9.59 Å². The molecule has 2 aliphatic heterocycles. The number of rotatable bonds is 5. The number of likely N-dealkylation sites (tertiary alicyclic amines) is 2. The first-order valence-electron chi connectivity index (χ1n) is 9.12. The lowest BCUT2D eigenvalue weighted by Gasteiger charge is -2.37. The van der Waals surface area contributed by atoms with Crippen LogP contribution in [0.4, 0.5) is 0 Å². The van der Waals surface area contributed by atoms with Crippen molar-refractivity contribution in [1.82, 2.24) is 24.5 Å². The second kappa shape index (κ2) is 7.15. The first-order chi connectivity index (χ1) is 11.9. The van der Waals surface area contributed by atoms with Gasteiger partial charge in [0.05, 0.1) is 12.7 Å². The van der Waals surface area contributed by atoms with Gasteiger partial charge in [-0.2, -0.15) is 5.10 Å². The van der Waals surface area contributed by atoms with Crippen LogP contribution in [0.25, 0.3) is 0 Å². The molecule has 3 heterocycles. The Morgan fingerprint density at radius 1 is 1.32 bits per heavy atom. The van der Waals surface area contributed by atoms with E-state index >= 15 is 0 Å². The Balaban J connectivity index is 1.58. The van der Waals surface area contributed by atoms with Gasteiger partial charge in [-0.25, -0.2) is 0 Å². The van der Waals surface area contributed by atoms with Crippen LogP contribution in [0.5, 0.6) is 0 Å². The minimum atomic E-state index is 0.0182. The summed E-state index contributed by atoms with van der Waals surface area (Å²) < 4.78 is 1.74. The number of nitrogens with zero attached hydrogens (tertiary/aromatic N) is 5. The fourth-order valence-corrected chi connectivity index (χ4v) is 3.97. The quantitative estimate of drug-likeness (QED) is 0.787. The minimum absolute atomic E-state index is 0.0182. The molecule has 0 saturated carbocycles. The summed E-state index contributed by atoms with van der Waals surface area (Å²) in [4.78, 5) is 31.1. The van der Waals surface area contributed by atoms with Crippen LogP contribution < -0.4 is 0 Å². The van der Waals surface area contributed by atoms with Crippen molar-refractivity contribution in [3.05, 3.63) is 18.0 Å². The first-order valence-corrected chi connectivity index (χ1v) is 9.12. The fourth-order valence-electron chi connectivity index (χ4n) is 3.97. The smallest absolute Gasteiger partial charge is 0.242 e. The molecular weight excluding hydrogens is 318 g/mol. The molecule has 1 aromatic heterocycles. The van der Waals surface area contributed by atoms with E-state index in [1.165, 1.54) is 0 Å². The van der Waals surface area contributed by atoms with Crippen molar-refractivity contribution < 1.29 is 9.59 Å². The van der Waals surface area contributed by atoms with E-state index in [0.717, 1.165) is 38.0 Å². The maximum Gasteiger partial charge on any atom is 0.242 e. The number of hydrogen-bond acceptors (Lipinski definition) is 4. The zero-order valence-corrected chi connectivity index (χ0v) is 15.6. The summed E-state index contributed by atoms with van der Waals surface area (Å²) in [5, 5.41) is 4.15. The van der Waals surface area contributed by atoms with E-state index in [2.05, 4.69) is 17.0 Å². The van der Waals surface area contributed by atoms with Gasteiger partial charge in [0.15, 0.2) is 0 Å². The molecule has 1 spiro atoms. The zero-order valence-electron chi connectivity index (χ0n) is 15.6. The normalized spacial score (nSPS) is 20.4. The highest BCUT2D eigenvalue weighted by Gasteiger charge is 2.44. The molecule has 0 N–H and O–H groups in total. The maximum absolute atomic E-state index is 12.7. The van der Waals surface area contributed by atoms with Crippen molar-refractivity contribution in [2.75, 3.05) is 39.8 Å². The molecule has 0 aromatic carbocycles. The Morgan fingerprint density at radius 2 is 2.04 bits per heavy atom. The predicted octanol–water partition coefficient (Wildman–Crippen LogP) is 0.713. The molecule has 0 atom stereocenters. The summed E-state index contributed by atoms with van der Waals surface area (Å²) in [6, 6.07) is 0. The van der Waals surface area contributed by atoms with Gasteiger partial charge in [0.1, 0.15) is 0 Å². The van der Waals surface area contributed by atoms with Crippen LogP contribution in [0.15, 0.2) is 12.4 Å². The minimum Gasteiger partial charge on any atom is -0.337 e. The molecule has 7 heteroatoms. The Hall–Kier alpha value is -1.89. The monoisotopic (exact) mass is 347 g/mol. The SMILES string of the molecule is CCN(Cc1cnn(C)c1)C(=O)CN1CC2(CCN(C)CC2)CC1=O. The molecule has 7 nitrogen and oxygen atoms in total. The third kappa shape index (κ3) is 4.03. The summed E-state index contributed by atoms with van der Waals surface area (Å²) in [6.07, 6.45) is 6.40. The summed E-state index contributed by atoms with van der Waals surface area (Å²) in [7, 11) is 3.99. The van der Waals surface area contributed by atoms with E-state index in [1.807, 2.05) is 20.2 Å². The topological polar surface area (TPSA) is 61.7 Å². The van der Waals surface area contributed by atoms with Crippen LogP contribution >= 0.6 is 0 Å². The third-order valence-corrected chi connectivity index (χ3v) is 5.65. The van der Waals surface area contributed by atoms with Gasteiger partial charge in [0.25, 0.3) is 0 Å². The lowest BCUT2D eigenvalue weighted by molar-refractivity contribution is -0.138. The van der Waals surface area contributed by atoms with Crippen molar-refractivity contribution in [3.63, 3.8) is 0 Å². The highest BCUT2D eigenvalue weighted by Crippen LogP contribution is 2.40. The molecule has 2 saturated heterocycles. The molecule has 3 rings (SSSR count). The number of aryl methyl sites for hydroxylation is 1. The van der Waals surface area contributed by atoms with E-state index in [0.29, 0.717) is 19.5 Å². The lowest BCUT2D eigenvalue weighted by atomic mass is 9.78. The van der Waals surface area contributed by atoms with Crippen LogP contribution in [0, 0.1) is 5.41 Å². The number of carbonyl (C=O) groups excluding carboxylic acids is 2. The first kappa shape index (κ1) is 17.9. The summed E-state index contributed by atoms with van der Waals surface area (Å²) >= 11 is 0. The summed E-state index contributed by atoms with van der Waals surface area (Å²) in [6.45, 7) is 6.15. The van der Waals surface area contributed by atoms with Crippen molar-refractivity contribution in [1.29, 1.82) is 0 Å². The Bertz CT molecular complexity index is 633. The van der Waals surface area contributed by atoms with Crippen molar-refractivity contribution in [2.45, 2.75) is 32.7 Å². The van der Waals surface area contributed by atoms with Gasteiger partial charge in [-0.05, 0) is 45.3 Å². The van der Waals surface area contributed by atoms with Gasteiger partial charge in [-0.15, -0.1) is 0 Å². The van der Waals surface area contributed by atoms with Gasteiger partial charge < -0.3 is 14.7 Å². The standard InChI is InChI=1S/C18H29N5O2/c1-4-22(12-15-10-19-21(3)11-15)17(25)13-23-14-18(9-16(23)24)5-7-20(2)8-6-18/h10-11H,4-9,12-14H2,1-3H3. The second-order valence-corrected chi connectivity index (χ2v) is 7.66. The molecule has 2 amide bonds. The number of amides is 2. The van der Waals surface area contributed by atoms with Crippen molar-refractivity contribution >= 4 is 11.8 Å².